The number of carboxylic acid groups (broad SMARTS) is 1. The summed E-state index contributed by atoms with van der Waals surface area (Å²) in [5.41, 5.74) is 3.18. The molecule has 2 rings (SSSR count). The van der Waals surface area contributed by atoms with Crippen LogP contribution in [0.4, 0.5) is 0 Å². The van der Waals surface area contributed by atoms with Crippen LogP contribution in [0.2, 0.25) is 0 Å². The van der Waals surface area contributed by atoms with Crippen LogP contribution in [0.1, 0.15) is 23.6 Å². The monoisotopic (exact) mass is 407 g/mol. The Morgan fingerprint density at radius 2 is 1.92 bits per heavy atom. The molecule has 0 saturated carbocycles. The van der Waals surface area contributed by atoms with E-state index in [1.165, 1.54) is 5.56 Å². The summed E-state index contributed by atoms with van der Waals surface area (Å²) in [5, 5.41) is 11.9. The first-order chi connectivity index (χ1) is 11.9. The Bertz CT molecular complexity index is 731. The van der Waals surface area contributed by atoms with Crippen LogP contribution in [-0.2, 0) is 17.9 Å². The number of hydrogen-bond donors (Lipinski definition) is 2. The molecular formula is C19H22BrNO4. The van der Waals surface area contributed by atoms with E-state index in [2.05, 4.69) is 21.2 Å². The summed E-state index contributed by atoms with van der Waals surface area (Å²) in [6, 6.07) is 11.3. The third kappa shape index (κ3) is 5.47. The first-order valence-corrected chi connectivity index (χ1v) is 8.71. The number of methoxy groups -OCH3 is 1. The molecule has 0 radical (unpaired) electrons. The van der Waals surface area contributed by atoms with E-state index in [1.54, 1.807) is 14.0 Å². The molecule has 0 aliphatic carbocycles. The molecule has 0 aromatic heterocycles. The number of rotatable bonds is 8. The minimum atomic E-state index is -0.885. The van der Waals surface area contributed by atoms with Crippen LogP contribution in [0, 0.1) is 6.92 Å². The lowest BCUT2D eigenvalue weighted by Crippen LogP contribution is -2.33. The molecule has 2 aromatic carbocycles. The van der Waals surface area contributed by atoms with Crippen LogP contribution in [-0.4, -0.2) is 24.2 Å². The Kier molecular flexibility index (Phi) is 6.84. The van der Waals surface area contributed by atoms with Gasteiger partial charge in [0.15, 0.2) is 11.5 Å². The molecule has 0 spiro atoms. The van der Waals surface area contributed by atoms with Gasteiger partial charge in [-0.05, 0) is 53.0 Å². The average Bonchev–Trinajstić information content (AvgIpc) is 2.59. The number of halogens is 1. The van der Waals surface area contributed by atoms with Crippen LogP contribution in [0.25, 0.3) is 0 Å². The van der Waals surface area contributed by atoms with E-state index in [1.807, 2.05) is 43.3 Å². The van der Waals surface area contributed by atoms with Gasteiger partial charge in [-0.3, -0.25) is 4.79 Å². The van der Waals surface area contributed by atoms with Gasteiger partial charge in [-0.25, -0.2) is 0 Å². The van der Waals surface area contributed by atoms with Crippen LogP contribution in [0.15, 0.2) is 40.9 Å². The highest BCUT2D eigenvalue weighted by atomic mass is 79.9. The molecule has 0 aliphatic heterocycles. The second-order valence-corrected chi connectivity index (χ2v) is 6.68. The molecule has 0 fully saturated rings. The smallest absolute Gasteiger partial charge is 0.320 e. The van der Waals surface area contributed by atoms with Gasteiger partial charge in [0.2, 0.25) is 0 Å². The topological polar surface area (TPSA) is 67.8 Å². The second kappa shape index (κ2) is 8.87. The SMILES string of the molecule is COc1cc(CNC(C)C(=O)O)cc(Br)c1OCc1ccc(C)cc1. The fourth-order valence-corrected chi connectivity index (χ4v) is 2.82. The third-order valence-electron chi connectivity index (χ3n) is 3.78. The lowest BCUT2D eigenvalue weighted by Gasteiger charge is -2.15. The minimum absolute atomic E-state index is 0.417. The standard InChI is InChI=1S/C19H22BrNO4/c1-12-4-6-14(7-5-12)11-25-18-16(20)8-15(9-17(18)24-3)10-21-13(2)19(22)23/h4-9,13,21H,10-11H2,1-3H3,(H,22,23). The summed E-state index contributed by atoms with van der Waals surface area (Å²) in [5.74, 6) is 0.337. The van der Waals surface area contributed by atoms with Crippen molar-refractivity contribution >= 4 is 21.9 Å². The number of carbonyl (C=O) groups is 1. The van der Waals surface area contributed by atoms with E-state index in [-0.39, 0.29) is 0 Å². The first-order valence-electron chi connectivity index (χ1n) is 7.91. The molecule has 1 atom stereocenters. The Morgan fingerprint density at radius 1 is 1.24 bits per heavy atom. The van der Waals surface area contributed by atoms with Crippen molar-refractivity contribution in [3.8, 4) is 11.5 Å². The highest BCUT2D eigenvalue weighted by molar-refractivity contribution is 9.10. The maximum absolute atomic E-state index is 10.9. The Morgan fingerprint density at radius 3 is 2.52 bits per heavy atom. The van der Waals surface area contributed by atoms with Crippen molar-refractivity contribution in [2.45, 2.75) is 33.0 Å². The zero-order valence-corrected chi connectivity index (χ0v) is 16.1. The molecule has 0 saturated heterocycles. The number of ether oxygens (including phenoxy) is 2. The maximum Gasteiger partial charge on any atom is 0.320 e. The fraction of sp³-hybridized carbons (Fsp3) is 0.316. The van der Waals surface area contributed by atoms with Crippen molar-refractivity contribution in [3.63, 3.8) is 0 Å². The van der Waals surface area contributed by atoms with Gasteiger partial charge in [0, 0.05) is 6.54 Å². The molecule has 6 heteroatoms. The van der Waals surface area contributed by atoms with Crippen molar-refractivity contribution < 1.29 is 19.4 Å². The molecular weight excluding hydrogens is 386 g/mol. The molecule has 0 amide bonds. The Labute approximate surface area is 156 Å². The molecule has 5 nitrogen and oxygen atoms in total. The average molecular weight is 408 g/mol. The minimum Gasteiger partial charge on any atom is -0.493 e. The van der Waals surface area contributed by atoms with Crippen LogP contribution in [0.3, 0.4) is 0 Å². The van der Waals surface area contributed by atoms with E-state index in [9.17, 15) is 4.79 Å². The second-order valence-electron chi connectivity index (χ2n) is 5.82. The van der Waals surface area contributed by atoms with Crippen molar-refractivity contribution in [3.05, 3.63) is 57.6 Å². The van der Waals surface area contributed by atoms with Crippen LogP contribution < -0.4 is 14.8 Å². The van der Waals surface area contributed by atoms with Crippen molar-refractivity contribution in [1.82, 2.24) is 5.32 Å². The van der Waals surface area contributed by atoms with Crippen molar-refractivity contribution in [2.24, 2.45) is 0 Å². The normalized spacial score (nSPS) is 11.8. The molecule has 0 aliphatic rings. The number of hydrogen-bond acceptors (Lipinski definition) is 4. The van der Waals surface area contributed by atoms with Gasteiger partial charge in [0.25, 0.3) is 0 Å². The number of benzene rings is 2. The third-order valence-corrected chi connectivity index (χ3v) is 4.36. The fourth-order valence-electron chi connectivity index (χ4n) is 2.21. The number of aliphatic carboxylic acids is 1. The van der Waals surface area contributed by atoms with Crippen LogP contribution in [0.5, 0.6) is 11.5 Å². The molecule has 2 N–H and O–H groups in total. The summed E-state index contributed by atoms with van der Waals surface area (Å²) >= 11 is 3.51. The van der Waals surface area contributed by atoms with Gasteiger partial charge in [-0.2, -0.15) is 0 Å². The quantitative estimate of drug-likeness (QED) is 0.694. The number of nitrogens with one attached hydrogen (secondary N) is 1. The molecule has 134 valence electrons. The van der Waals surface area contributed by atoms with E-state index >= 15 is 0 Å². The van der Waals surface area contributed by atoms with Gasteiger partial charge in [0.1, 0.15) is 12.6 Å². The summed E-state index contributed by atoms with van der Waals surface area (Å²) in [7, 11) is 1.58. The highest BCUT2D eigenvalue weighted by Crippen LogP contribution is 2.37. The van der Waals surface area contributed by atoms with Gasteiger partial charge >= 0.3 is 5.97 Å². The van der Waals surface area contributed by atoms with E-state index in [4.69, 9.17) is 14.6 Å². The Balaban J connectivity index is 2.10. The summed E-state index contributed by atoms with van der Waals surface area (Å²) in [6.45, 7) is 4.50. The Hall–Kier alpha value is -2.05. The van der Waals surface area contributed by atoms with E-state index in [0.717, 1.165) is 15.6 Å². The highest BCUT2D eigenvalue weighted by Gasteiger charge is 2.14. The van der Waals surface area contributed by atoms with Gasteiger partial charge < -0.3 is 19.9 Å². The van der Waals surface area contributed by atoms with E-state index < -0.39 is 12.0 Å². The molecule has 25 heavy (non-hydrogen) atoms. The predicted octanol–water partition coefficient (Wildman–Crippen LogP) is 3.91. The largest absolute Gasteiger partial charge is 0.493 e. The zero-order valence-electron chi connectivity index (χ0n) is 14.5. The summed E-state index contributed by atoms with van der Waals surface area (Å²) < 4.78 is 12.1. The molecule has 1 unspecified atom stereocenters. The van der Waals surface area contributed by atoms with Crippen LogP contribution >= 0.6 is 15.9 Å². The maximum atomic E-state index is 10.9. The first kappa shape index (κ1) is 19.3. The predicted molar refractivity (Wildman–Crippen MR) is 100 cm³/mol. The lowest BCUT2D eigenvalue weighted by atomic mass is 10.1. The van der Waals surface area contributed by atoms with Gasteiger partial charge in [-0.1, -0.05) is 29.8 Å². The van der Waals surface area contributed by atoms with Gasteiger partial charge in [0.05, 0.1) is 11.6 Å². The van der Waals surface area contributed by atoms with E-state index in [0.29, 0.717) is 24.7 Å². The van der Waals surface area contributed by atoms with Crippen molar-refractivity contribution in [1.29, 1.82) is 0 Å². The lowest BCUT2D eigenvalue weighted by molar-refractivity contribution is -0.139. The van der Waals surface area contributed by atoms with Gasteiger partial charge in [-0.15, -0.1) is 0 Å². The molecule has 0 bridgehead atoms. The summed E-state index contributed by atoms with van der Waals surface area (Å²) in [6.07, 6.45) is 0. The number of carboxylic acids is 1. The van der Waals surface area contributed by atoms with Crippen molar-refractivity contribution in [2.75, 3.05) is 7.11 Å². The zero-order chi connectivity index (χ0) is 18.4. The molecule has 0 heterocycles. The summed E-state index contributed by atoms with van der Waals surface area (Å²) in [4.78, 5) is 10.9. The number of aryl methyl sites for hydroxylation is 1. The molecule has 2 aromatic rings.